The minimum absolute atomic E-state index is 0.0466. The summed E-state index contributed by atoms with van der Waals surface area (Å²) in [6.07, 6.45) is 2.12. The van der Waals surface area contributed by atoms with E-state index in [2.05, 4.69) is 5.32 Å². The standard InChI is InChI=1S/C27H27N3O6S/c1-17(2)36-22-8-5-4-7-19(22)15-23-25(32)30(13-6-14-35-3)26(37-23)21(16-28)24(31)29-20-11-9-18(10-12-20)27(33)34/h4-5,7-12,15,17H,6,13-14H2,1-3H3,(H,29,31)(H,33,34)/p-1/b23-15+,26-21+. The van der Waals surface area contributed by atoms with E-state index in [4.69, 9.17) is 9.47 Å². The zero-order valence-corrected chi connectivity index (χ0v) is 21.5. The van der Waals surface area contributed by atoms with E-state index in [1.54, 1.807) is 13.2 Å². The minimum atomic E-state index is -1.34. The van der Waals surface area contributed by atoms with Crippen LogP contribution in [0.1, 0.15) is 36.2 Å². The average Bonchev–Trinajstić information content (AvgIpc) is 3.15. The molecule has 0 saturated heterocycles. The fraction of sp³-hybridized carbons (Fsp3) is 0.259. The van der Waals surface area contributed by atoms with E-state index in [1.165, 1.54) is 28.8 Å². The van der Waals surface area contributed by atoms with Crippen LogP contribution in [0.3, 0.4) is 0 Å². The number of carbonyl (C=O) groups is 2. The molecule has 0 aliphatic rings. The highest BCUT2D eigenvalue weighted by Crippen LogP contribution is 2.20. The van der Waals surface area contributed by atoms with Crippen molar-refractivity contribution in [3.63, 3.8) is 0 Å². The molecule has 0 aliphatic heterocycles. The normalized spacial score (nSPS) is 12.2. The molecule has 0 bridgehead atoms. The minimum Gasteiger partial charge on any atom is -0.545 e. The summed E-state index contributed by atoms with van der Waals surface area (Å²) in [4.78, 5) is 37.4. The molecule has 10 heteroatoms. The van der Waals surface area contributed by atoms with E-state index < -0.39 is 11.9 Å². The molecular weight excluding hydrogens is 494 g/mol. The highest BCUT2D eigenvalue weighted by atomic mass is 32.1. The van der Waals surface area contributed by atoms with E-state index in [1.807, 2.05) is 44.2 Å². The number of thiazole rings is 1. The van der Waals surface area contributed by atoms with Crippen molar-refractivity contribution in [3.05, 3.63) is 79.2 Å². The van der Waals surface area contributed by atoms with Crippen molar-refractivity contribution < 1.29 is 24.2 Å². The third-order valence-corrected chi connectivity index (χ3v) is 6.27. The van der Waals surface area contributed by atoms with Gasteiger partial charge in [-0.25, -0.2) is 0 Å². The summed E-state index contributed by atoms with van der Waals surface area (Å²) >= 11 is 1.04. The lowest BCUT2D eigenvalue weighted by molar-refractivity contribution is -0.255. The van der Waals surface area contributed by atoms with Gasteiger partial charge in [-0.2, -0.15) is 5.26 Å². The van der Waals surface area contributed by atoms with Crippen LogP contribution in [-0.2, 0) is 16.1 Å². The Bertz CT molecular complexity index is 1500. The molecular formula is C27H26N3O6S-. The van der Waals surface area contributed by atoms with Crippen LogP contribution >= 0.6 is 11.3 Å². The highest BCUT2D eigenvalue weighted by molar-refractivity contribution is 7.07. The third-order valence-electron chi connectivity index (χ3n) is 5.14. The number of nitrogens with zero attached hydrogens (tertiary/aromatic N) is 2. The first-order valence-corrected chi connectivity index (χ1v) is 12.3. The summed E-state index contributed by atoms with van der Waals surface area (Å²) in [6.45, 7) is 4.45. The molecule has 9 nitrogen and oxygen atoms in total. The lowest BCUT2D eigenvalue weighted by Crippen LogP contribution is -2.34. The summed E-state index contributed by atoms with van der Waals surface area (Å²) in [5, 5.41) is 23.4. The number of carbonyl (C=O) groups excluding carboxylic acids is 2. The molecule has 0 radical (unpaired) electrons. The number of carboxylic acids is 1. The fourth-order valence-corrected chi connectivity index (χ4v) is 4.57. The Hall–Kier alpha value is -4.20. The van der Waals surface area contributed by atoms with Crippen LogP contribution in [0, 0.1) is 11.3 Å². The average molecular weight is 521 g/mol. The van der Waals surface area contributed by atoms with Crippen molar-refractivity contribution >= 4 is 40.5 Å². The van der Waals surface area contributed by atoms with Gasteiger partial charge in [-0.05, 0) is 50.1 Å². The SMILES string of the molecule is COCCCn1c(=O)/c(=C\c2ccccc2OC(C)C)s/c1=C(\C#N)C(=O)Nc1ccc(C(=O)[O-])cc1. The largest absolute Gasteiger partial charge is 0.545 e. The van der Waals surface area contributed by atoms with Crippen LogP contribution in [-0.4, -0.2) is 36.3 Å². The first-order chi connectivity index (χ1) is 17.7. The van der Waals surface area contributed by atoms with Crippen LogP contribution in [0.25, 0.3) is 11.6 Å². The Balaban J connectivity index is 2.12. The van der Waals surface area contributed by atoms with Crippen molar-refractivity contribution in [1.29, 1.82) is 5.26 Å². The number of para-hydroxylation sites is 1. The number of nitrogens with one attached hydrogen (secondary N) is 1. The summed E-state index contributed by atoms with van der Waals surface area (Å²) in [7, 11) is 1.55. The second-order valence-electron chi connectivity index (χ2n) is 8.23. The van der Waals surface area contributed by atoms with Crippen molar-refractivity contribution in [2.24, 2.45) is 0 Å². The molecule has 0 spiro atoms. The molecule has 0 aliphatic carbocycles. The maximum absolute atomic E-state index is 13.4. The number of benzene rings is 2. The monoisotopic (exact) mass is 520 g/mol. The summed E-state index contributed by atoms with van der Waals surface area (Å²) in [6, 6.07) is 14.6. The van der Waals surface area contributed by atoms with Gasteiger partial charge in [0.15, 0.2) is 5.57 Å². The van der Waals surface area contributed by atoms with Crippen LogP contribution in [0.5, 0.6) is 5.75 Å². The van der Waals surface area contributed by atoms with E-state index in [-0.39, 0.29) is 34.0 Å². The molecule has 3 rings (SSSR count). The first kappa shape index (κ1) is 27.4. The van der Waals surface area contributed by atoms with E-state index in [9.17, 15) is 24.8 Å². The third kappa shape index (κ3) is 6.94. The summed E-state index contributed by atoms with van der Waals surface area (Å²) in [5.41, 5.74) is 0.360. The number of anilines is 1. The molecule has 0 fully saturated rings. The maximum Gasteiger partial charge on any atom is 0.269 e. The lowest BCUT2D eigenvalue weighted by atomic mass is 10.2. The number of ether oxygens (including phenoxy) is 2. The zero-order valence-electron chi connectivity index (χ0n) is 20.6. The second kappa shape index (κ2) is 12.7. The quantitative estimate of drug-likeness (QED) is 0.398. The number of carboxylic acid groups (broad SMARTS) is 1. The van der Waals surface area contributed by atoms with Gasteiger partial charge >= 0.3 is 0 Å². The topological polar surface area (TPSA) is 133 Å². The lowest BCUT2D eigenvalue weighted by Gasteiger charge is -2.11. The number of aromatic nitrogens is 1. The smallest absolute Gasteiger partial charge is 0.269 e. The number of methoxy groups -OCH3 is 1. The van der Waals surface area contributed by atoms with Gasteiger partial charge in [-0.3, -0.25) is 14.2 Å². The number of aromatic carboxylic acids is 1. The zero-order chi connectivity index (χ0) is 26.9. The predicted octanol–water partition coefficient (Wildman–Crippen LogP) is 1.24. The number of hydrogen-bond acceptors (Lipinski definition) is 8. The van der Waals surface area contributed by atoms with Gasteiger partial charge in [0.2, 0.25) is 0 Å². The Labute approximate surface area is 217 Å². The van der Waals surface area contributed by atoms with E-state index in [0.29, 0.717) is 34.6 Å². The molecule has 192 valence electrons. The molecule has 2 aromatic carbocycles. The first-order valence-electron chi connectivity index (χ1n) is 11.5. The van der Waals surface area contributed by atoms with Crippen molar-refractivity contribution in [3.8, 4) is 11.8 Å². The Kier molecular flexibility index (Phi) is 9.38. The molecule has 0 atom stereocenters. The van der Waals surface area contributed by atoms with Crippen molar-refractivity contribution in [1.82, 2.24) is 4.57 Å². The van der Waals surface area contributed by atoms with Crippen LogP contribution in [0.15, 0.2) is 53.3 Å². The van der Waals surface area contributed by atoms with E-state index >= 15 is 0 Å². The van der Waals surface area contributed by atoms with Crippen LogP contribution in [0.2, 0.25) is 0 Å². The molecule has 0 unspecified atom stereocenters. The number of amides is 1. The van der Waals surface area contributed by atoms with Gasteiger partial charge in [-0.1, -0.05) is 30.3 Å². The molecule has 1 amide bonds. The fourth-order valence-electron chi connectivity index (χ4n) is 3.46. The van der Waals surface area contributed by atoms with Gasteiger partial charge < -0.3 is 24.7 Å². The molecule has 0 saturated carbocycles. The Morgan fingerprint density at radius 2 is 1.89 bits per heavy atom. The number of rotatable bonds is 10. The van der Waals surface area contributed by atoms with Gasteiger partial charge in [0.25, 0.3) is 11.5 Å². The highest BCUT2D eigenvalue weighted by Gasteiger charge is 2.17. The van der Waals surface area contributed by atoms with Gasteiger partial charge in [-0.15, -0.1) is 11.3 Å². The second-order valence-corrected chi connectivity index (χ2v) is 9.26. The predicted molar refractivity (Wildman–Crippen MR) is 139 cm³/mol. The molecule has 37 heavy (non-hydrogen) atoms. The van der Waals surface area contributed by atoms with E-state index in [0.717, 1.165) is 11.3 Å². The van der Waals surface area contributed by atoms with Crippen LogP contribution < -0.4 is 29.9 Å². The summed E-state index contributed by atoms with van der Waals surface area (Å²) < 4.78 is 12.9. The van der Waals surface area contributed by atoms with Gasteiger partial charge in [0.1, 0.15) is 16.5 Å². The molecule has 3 aromatic rings. The number of hydrogen-bond donors (Lipinski definition) is 1. The van der Waals surface area contributed by atoms with Gasteiger partial charge in [0, 0.05) is 31.5 Å². The Morgan fingerprint density at radius 3 is 2.51 bits per heavy atom. The molecule has 1 N–H and O–H groups in total. The summed E-state index contributed by atoms with van der Waals surface area (Å²) in [5.74, 6) is -1.45. The molecule has 1 aromatic heterocycles. The maximum atomic E-state index is 13.4. The van der Waals surface area contributed by atoms with Crippen LogP contribution in [0.4, 0.5) is 5.69 Å². The van der Waals surface area contributed by atoms with Gasteiger partial charge in [0.05, 0.1) is 16.6 Å². The number of nitriles is 1. The van der Waals surface area contributed by atoms with Crippen molar-refractivity contribution in [2.45, 2.75) is 32.9 Å². The Morgan fingerprint density at radius 1 is 1.19 bits per heavy atom. The molecule has 1 heterocycles. The van der Waals surface area contributed by atoms with Crippen molar-refractivity contribution in [2.75, 3.05) is 19.0 Å².